The number of rotatable bonds is 28. The summed E-state index contributed by atoms with van der Waals surface area (Å²) in [7, 11) is -1.82. The Kier molecular flexibility index (Phi) is 22.4. The number of nitrogens with zero attached hydrogens (tertiary/aromatic N) is 3. The van der Waals surface area contributed by atoms with E-state index in [1.807, 2.05) is 50.5 Å². The highest BCUT2D eigenvalue weighted by atomic mass is 35.5. The van der Waals surface area contributed by atoms with E-state index in [0.29, 0.717) is 33.2 Å². The third-order valence-corrected chi connectivity index (χ3v) is 16.0. The van der Waals surface area contributed by atoms with Gasteiger partial charge in [0.1, 0.15) is 0 Å². The number of carbonyl (C=O) groups is 2. The van der Waals surface area contributed by atoms with Crippen molar-refractivity contribution in [3.05, 3.63) is 126 Å². The molecule has 17 nitrogen and oxygen atoms in total. The molecule has 2 aliphatic heterocycles. The van der Waals surface area contributed by atoms with E-state index in [-0.39, 0.29) is 126 Å². The second-order valence-electron chi connectivity index (χ2n) is 17.7. The number of benzene rings is 4. The number of hydrogen-bond acceptors (Lipinski definition) is 13. The van der Waals surface area contributed by atoms with Crippen molar-refractivity contribution in [2.24, 2.45) is 0 Å². The average Bonchev–Trinajstić information content (AvgIpc) is 3.32. The van der Waals surface area contributed by atoms with Crippen LogP contribution in [0.25, 0.3) is 0 Å². The van der Waals surface area contributed by atoms with Crippen molar-refractivity contribution in [3.8, 4) is 0 Å². The number of ether oxygens (including phenoxy) is 4. The van der Waals surface area contributed by atoms with Crippen LogP contribution in [0.1, 0.15) is 45.2 Å². The monoisotopic (exact) mass is 1110 g/mol. The van der Waals surface area contributed by atoms with E-state index in [4.69, 9.17) is 65.4 Å². The van der Waals surface area contributed by atoms with E-state index in [0.717, 1.165) is 46.5 Å². The molecule has 4 N–H and O–H groups in total. The van der Waals surface area contributed by atoms with Crippen LogP contribution in [0.4, 0.5) is 0 Å². The number of carbonyl (C=O) groups excluding carboxylic acids is 2. The number of hydrogen-bond donors (Lipinski definition) is 4. The Bertz CT molecular complexity index is 2490. The number of nitrogens with one attached hydrogen (secondary N) is 4. The quantitative estimate of drug-likeness (QED) is 0.0559. The number of likely N-dealkylation sites (N-methyl/N-ethyl adjacent to an activating group) is 3. The molecule has 0 bridgehead atoms. The highest BCUT2D eigenvalue weighted by molar-refractivity contribution is 7.89. The Balaban J connectivity index is 0.731. The topological polar surface area (TPSA) is 197 Å². The molecular formula is C49H63Cl4N7O10S2. The summed E-state index contributed by atoms with van der Waals surface area (Å²) >= 11 is 25.6. The second-order valence-corrected chi connectivity index (χ2v) is 22.9. The van der Waals surface area contributed by atoms with Crippen LogP contribution in [0.3, 0.4) is 0 Å². The fourth-order valence-corrected chi connectivity index (χ4v) is 11.7. The molecule has 0 saturated carbocycles. The predicted molar refractivity (Wildman–Crippen MR) is 279 cm³/mol. The summed E-state index contributed by atoms with van der Waals surface area (Å²) in [5.41, 5.74) is 6.06. The molecule has 0 saturated heterocycles. The predicted octanol–water partition coefficient (Wildman–Crippen LogP) is 4.94. The lowest BCUT2D eigenvalue weighted by molar-refractivity contribution is -0.124. The second kappa shape index (κ2) is 27.9. The summed E-state index contributed by atoms with van der Waals surface area (Å²) in [5.74, 6) is -0.553. The zero-order chi connectivity index (χ0) is 51.8. The van der Waals surface area contributed by atoms with Crippen LogP contribution < -0.4 is 20.1 Å². The minimum Gasteiger partial charge on any atom is -0.378 e. The van der Waals surface area contributed by atoms with Gasteiger partial charge in [0.15, 0.2) is 0 Å². The zero-order valence-corrected chi connectivity index (χ0v) is 45.2. The van der Waals surface area contributed by atoms with Crippen LogP contribution in [0.2, 0.25) is 20.1 Å². The van der Waals surface area contributed by atoms with E-state index >= 15 is 0 Å². The van der Waals surface area contributed by atoms with Gasteiger partial charge in [-0.3, -0.25) is 14.5 Å². The minimum absolute atomic E-state index is 0.00412. The van der Waals surface area contributed by atoms with Gasteiger partial charge in [-0.1, -0.05) is 70.7 Å². The molecule has 2 unspecified atom stereocenters. The average molecular weight is 1120 g/mol. The van der Waals surface area contributed by atoms with Gasteiger partial charge >= 0.3 is 0 Å². The van der Waals surface area contributed by atoms with Gasteiger partial charge in [-0.2, -0.15) is 0 Å². The molecular weight excluding hydrogens is 1050 g/mol. The van der Waals surface area contributed by atoms with Crippen LogP contribution >= 0.6 is 46.4 Å². The summed E-state index contributed by atoms with van der Waals surface area (Å²) in [4.78, 5) is 30.9. The summed E-state index contributed by atoms with van der Waals surface area (Å²) in [6.45, 7) is 5.34. The largest absolute Gasteiger partial charge is 0.378 e. The van der Waals surface area contributed by atoms with Crippen LogP contribution in [0, 0.1) is 0 Å². The molecule has 6 rings (SSSR count). The Hall–Kier alpha value is -3.48. The highest BCUT2D eigenvalue weighted by Crippen LogP contribution is 2.40. The number of fused-ring (bicyclic) bond motifs is 2. The van der Waals surface area contributed by atoms with Crippen molar-refractivity contribution >= 4 is 78.3 Å². The molecule has 2 heterocycles. The molecule has 0 spiro atoms. The lowest BCUT2D eigenvalue weighted by Crippen LogP contribution is -2.42. The van der Waals surface area contributed by atoms with E-state index in [2.05, 4.69) is 29.9 Å². The fraction of sp³-hybridized carbons (Fsp3) is 0.469. The third kappa shape index (κ3) is 17.3. The molecule has 2 atom stereocenters. The number of halogens is 4. The summed E-state index contributed by atoms with van der Waals surface area (Å²) < 4.78 is 78.9. The lowest BCUT2D eigenvalue weighted by Gasteiger charge is -2.33. The fourth-order valence-electron chi connectivity index (χ4n) is 8.51. The first-order valence-electron chi connectivity index (χ1n) is 23.4. The normalized spacial score (nSPS) is 16.4. The maximum atomic E-state index is 12.9. The van der Waals surface area contributed by atoms with Gasteiger partial charge in [-0.25, -0.2) is 26.3 Å². The Labute approximate surface area is 443 Å². The van der Waals surface area contributed by atoms with Gasteiger partial charge in [-0.05, 0) is 103 Å². The van der Waals surface area contributed by atoms with Crippen molar-refractivity contribution < 1.29 is 45.4 Å². The molecule has 4 aromatic rings. The van der Waals surface area contributed by atoms with Gasteiger partial charge in [0.25, 0.3) is 0 Å². The van der Waals surface area contributed by atoms with Crippen LogP contribution in [0.15, 0.2) is 82.6 Å². The zero-order valence-electron chi connectivity index (χ0n) is 40.6. The first kappa shape index (κ1) is 57.8. The molecule has 4 aromatic carbocycles. The SMILES string of the molecule is CN(CC(=O)NCCOCCOCCNS(=O)(=O)c1ccc(C2CN(C)Cc3c(Cl)cc(Cl)cc32)cc1)CC(=O)NCCOCCOCCNS(=O)(=O)c1ccc(C2CN(C)Cc3c(Cl)cc(Cl)cc32)cc1. The van der Waals surface area contributed by atoms with Crippen molar-refractivity contribution in [3.63, 3.8) is 0 Å². The standard InChI is InChI=1S/C49H63Cl4N7O10S2/c1-58-28-42(40-24-36(50)26-46(52)44(40)30-58)34-4-8-38(9-5-34)71(63,64)56-14-18-69-22-20-67-16-12-54-48(61)32-60(3)33-49(62)55-13-17-68-21-23-70-19-15-57-72(65,66)39-10-6-35(7-11-39)43-29-59(2)31-45-41(43)25-37(51)27-47(45)53/h4-11,24-27,42-43,56-57H,12-23,28-33H2,1-3H3,(H,54,61)(H,55,62). The Morgan fingerprint density at radius 1 is 0.556 bits per heavy atom. The smallest absolute Gasteiger partial charge is 0.240 e. The van der Waals surface area contributed by atoms with Crippen LogP contribution in [0.5, 0.6) is 0 Å². The molecule has 0 aliphatic carbocycles. The van der Waals surface area contributed by atoms with E-state index in [1.165, 1.54) is 0 Å². The Morgan fingerprint density at radius 3 is 1.26 bits per heavy atom. The first-order valence-corrected chi connectivity index (χ1v) is 27.9. The van der Waals surface area contributed by atoms with Crippen molar-refractivity contribution in [1.29, 1.82) is 0 Å². The molecule has 0 radical (unpaired) electrons. The molecule has 394 valence electrons. The van der Waals surface area contributed by atoms with E-state index < -0.39 is 20.0 Å². The maximum Gasteiger partial charge on any atom is 0.240 e. The molecule has 0 fully saturated rings. The molecule has 72 heavy (non-hydrogen) atoms. The summed E-state index contributed by atoms with van der Waals surface area (Å²) in [5, 5.41) is 7.85. The molecule has 0 aromatic heterocycles. The van der Waals surface area contributed by atoms with E-state index in [9.17, 15) is 26.4 Å². The summed E-state index contributed by atoms with van der Waals surface area (Å²) in [6, 6.07) is 21.0. The van der Waals surface area contributed by atoms with Crippen molar-refractivity contribution in [1.82, 2.24) is 34.8 Å². The van der Waals surface area contributed by atoms with Gasteiger partial charge < -0.3 is 39.4 Å². The van der Waals surface area contributed by atoms with Gasteiger partial charge in [0.05, 0.1) is 75.7 Å². The first-order chi connectivity index (χ1) is 34.4. The van der Waals surface area contributed by atoms with E-state index in [1.54, 1.807) is 48.3 Å². The van der Waals surface area contributed by atoms with Gasteiger partial charge in [0.2, 0.25) is 31.9 Å². The van der Waals surface area contributed by atoms with Gasteiger partial charge in [-0.15, -0.1) is 0 Å². The third-order valence-electron chi connectivity index (χ3n) is 12.0. The molecule has 23 heteroatoms. The number of amides is 2. The molecule has 2 aliphatic rings. The number of sulfonamides is 2. The lowest BCUT2D eigenvalue weighted by atomic mass is 9.85. The van der Waals surface area contributed by atoms with Crippen molar-refractivity contribution in [2.75, 3.05) is 126 Å². The van der Waals surface area contributed by atoms with Crippen molar-refractivity contribution in [2.45, 2.75) is 34.7 Å². The summed E-state index contributed by atoms with van der Waals surface area (Å²) in [6.07, 6.45) is 0. The van der Waals surface area contributed by atoms with Crippen LogP contribution in [-0.4, -0.2) is 170 Å². The highest BCUT2D eigenvalue weighted by Gasteiger charge is 2.29. The van der Waals surface area contributed by atoms with Crippen LogP contribution in [-0.2, 0) is 61.7 Å². The minimum atomic E-state index is -3.76. The van der Waals surface area contributed by atoms with Gasteiger partial charge in [0, 0.05) is 84.3 Å². The molecule has 2 amide bonds. The maximum absolute atomic E-state index is 12.9. The Morgan fingerprint density at radius 2 is 0.903 bits per heavy atom.